The van der Waals surface area contributed by atoms with E-state index in [1.54, 1.807) is 14.0 Å². The van der Waals surface area contributed by atoms with Gasteiger partial charge in [-0.15, -0.1) is 0 Å². The molecule has 4 atom stereocenters. The number of aryl methyl sites for hydroxylation is 2. The van der Waals surface area contributed by atoms with Crippen LogP contribution >= 0.6 is 0 Å². The van der Waals surface area contributed by atoms with Crippen LogP contribution in [0.1, 0.15) is 144 Å². The van der Waals surface area contributed by atoms with E-state index in [0.717, 1.165) is 46.6 Å². The van der Waals surface area contributed by atoms with Crippen molar-refractivity contribution in [1.29, 1.82) is 0 Å². The lowest BCUT2D eigenvalue weighted by molar-refractivity contribution is -0.139. The number of Topliss-reactive ketones (excluding diaryl/α,β-unsaturated/α-hetero) is 1. The first-order valence-corrected chi connectivity index (χ1v) is 17.7. The third kappa shape index (κ3) is 6.82. The summed E-state index contributed by atoms with van der Waals surface area (Å²) < 4.78 is 5.19. The number of hydrogen-bond donors (Lipinski definition) is 4. The van der Waals surface area contributed by atoms with Crippen molar-refractivity contribution in [3.05, 3.63) is 68.8 Å². The Balaban J connectivity index is 2.01. The highest BCUT2D eigenvalue weighted by Gasteiger charge is 2.34. The second-order valence-electron chi connectivity index (χ2n) is 13.6. The van der Waals surface area contributed by atoms with Crippen LogP contribution in [-0.2, 0) is 20.7 Å². The molecule has 0 fully saturated rings. The van der Waals surface area contributed by atoms with E-state index in [1.807, 2.05) is 39.0 Å². The van der Waals surface area contributed by atoms with Gasteiger partial charge in [0.25, 0.3) is 5.91 Å². The molecule has 50 heavy (non-hydrogen) atoms. The number of ketones is 1. The van der Waals surface area contributed by atoms with Crippen molar-refractivity contribution >= 4 is 45.6 Å². The molecule has 0 aromatic carbocycles. The molecule has 266 valence electrons. The second kappa shape index (κ2) is 15.0. The highest BCUT2D eigenvalue weighted by Crippen LogP contribution is 2.43. The summed E-state index contributed by atoms with van der Waals surface area (Å²) in [4.78, 5) is 70.1. The minimum Gasteiger partial charge on any atom is -0.469 e. The lowest BCUT2D eigenvalue weighted by Gasteiger charge is -2.18. The molecule has 0 saturated carbocycles. The van der Waals surface area contributed by atoms with E-state index >= 15 is 0 Å². The Morgan fingerprint density at radius 1 is 0.860 bits per heavy atom. The van der Waals surface area contributed by atoms with Gasteiger partial charge >= 0.3 is 5.97 Å². The molecule has 4 N–H and O–H groups in total. The van der Waals surface area contributed by atoms with Crippen LogP contribution in [0.4, 0.5) is 0 Å². The molecule has 2 aliphatic rings. The smallest absolute Gasteiger partial charge is 0.310 e. The number of fused-ring (bicyclic) bond motifs is 8. The second-order valence-corrected chi connectivity index (χ2v) is 13.6. The minimum absolute atomic E-state index is 0.0504. The van der Waals surface area contributed by atoms with Crippen LogP contribution in [-0.4, -0.2) is 64.2 Å². The number of H-pyrrole nitrogens is 2. The number of aromatic nitrogens is 4. The maximum Gasteiger partial charge on any atom is 0.310 e. The Morgan fingerprint density at radius 3 is 2.12 bits per heavy atom. The number of amides is 2. The van der Waals surface area contributed by atoms with Crippen LogP contribution in [0.2, 0.25) is 0 Å². The van der Waals surface area contributed by atoms with Crippen molar-refractivity contribution in [2.45, 2.75) is 104 Å². The zero-order chi connectivity index (χ0) is 36.4. The van der Waals surface area contributed by atoms with E-state index in [0.29, 0.717) is 51.9 Å². The highest BCUT2D eigenvalue weighted by molar-refractivity contribution is 6.06. The van der Waals surface area contributed by atoms with Gasteiger partial charge in [-0.05, 0) is 69.4 Å². The number of hydrogen-bond acceptors (Lipinski definition) is 7. The SMILES string of the molecule is CCCNC(=O)c1c(C)c2cc3nc(cc4[nH]c(cc5nc(c(CC(=O)OC)c1[nH]2)[C@@H](CCC(=O)NC)C5C)c(C)c4C(C)=O)C(C)[C@H]3CC. The Hall–Kier alpha value is -4.80. The quantitative estimate of drug-likeness (QED) is 0.137. The predicted molar refractivity (Wildman–Crippen MR) is 195 cm³/mol. The molecule has 0 spiro atoms. The first kappa shape index (κ1) is 36.5. The van der Waals surface area contributed by atoms with Crippen molar-refractivity contribution in [1.82, 2.24) is 30.6 Å². The predicted octanol–water partition coefficient (Wildman–Crippen LogP) is 6.70. The third-order valence-electron chi connectivity index (χ3n) is 10.5. The molecule has 3 aromatic rings. The molecule has 5 heterocycles. The van der Waals surface area contributed by atoms with Gasteiger partial charge in [-0.2, -0.15) is 0 Å². The summed E-state index contributed by atoms with van der Waals surface area (Å²) in [7, 11) is 2.95. The Labute approximate surface area is 293 Å². The average molecular weight is 683 g/mol. The maximum atomic E-state index is 14.0. The van der Waals surface area contributed by atoms with E-state index in [2.05, 4.69) is 41.4 Å². The largest absolute Gasteiger partial charge is 0.469 e. The van der Waals surface area contributed by atoms with Crippen LogP contribution in [0.15, 0.2) is 18.2 Å². The molecule has 5 rings (SSSR count). The van der Waals surface area contributed by atoms with E-state index < -0.39 is 5.97 Å². The van der Waals surface area contributed by atoms with Crippen LogP contribution in [0.3, 0.4) is 0 Å². The number of carbonyl (C=O) groups is 4. The van der Waals surface area contributed by atoms with Gasteiger partial charge < -0.3 is 25.3 Å². The Morgan fingerprint density at radius 2 is 1.48 bits per heavy atom. The number of aromatic amines is 2. The molecule has 2 unspecified atom stereocenters. The summed E-state index contributed by atoms with van der Waals surface area (Å²) in [5, 5.41) is 5.75. The van der Waals surface area contributed by atoms with E-state index in [-0.39, 0.29) is 54.1 Å². The van der Waals surface area contributed by atoms with E-state index in [4.69, 9.17) is 14.7 Å². The van der Waals surface area contributed by atoms with E-state index in [9.17, 15) is 19.2 Å². The van der Waals surface area contributed by atoms with Crippen molar-refractivity contribution in [3.8, 4) is 0 Å². The Kier molecular flexibility index (Phi) is 10.9. The number of rotatable bonds is 10. The molecule has 3 aromatic heterocycles. The van der Waals surface area contributed by atoms with Crippen LogP contribution < -0.4 is 10.6 Å². The topological polar surface area (TPSA) is 159 Å². The number of ether oxygens (including phenoxy) is 1. The van der Waals surface area contributed by atoms with Gasteiger partial charge in [0.1, 0.15) is 0 Å². The molecule has 8 bridgehead atoms. The third-order valence-corrected chi connectivity index (χ3v) is 10.5. The lowest BCUT2D eigenvalue weighted by atomic mass is 9.85. The normalized spacial score (nSPS) is 18.5. The molecular weight excluding hydrogens is 632 g/mol. The van der Waals surface area contributed by atoms with Crippen molar-refractivity contribution in [2.24, 2.45) is 0 Å². The van der Waals surface area contributed by atoms with Gasteiger partial charge in [0.05, 0.1) is 35.8 Å². The van der Waals surface area contributed by atoms with Gasteiger partial charge in [-0.25, -0.2) is 0 Å². The van der Waals surface area contributed by atoms with Crippen molar-refractivity contribution in [2.75, 3.05) is 20.7 Å². The number of esters is 1. The number of carbonyl (C=O) groups excluding carboxylic acids is 4. The fourth-order valence-electron chi connectivity index (χ4n) is 7.59. The number of nitrogens with zero attached hydrogens (tertiary/aromatic N) is 2. The van der Waals surface area contributed by atoms with Gasteiger partial charge in [0.15, 0.2) is 5.78 Å². The summed E-state index contributed by atoms with van der Waals surface area (Å²) >= 11 is 0. The summed E-state index contributed by atoms with van der Waals surface area (Å²) in [6, 6.07) is 5.96. The van der Waals surface area contributed by atoms with E-state index in [1.165, 1.54) is 7.11 Å². The van der Waals surface area contributed by atoms with Gasteiger partial charge in [-0.3, -0.25) is 29.1 Å². The van der Waals surface area contributed by atoms with Crippen LogP contribution in [0.25, 0.3) is 22.1 Å². The van der Waals surface area contributed by atoms with Crippen LogP contribution in [0.5, 0.6) is 0 Å². The van der Waals surface area contributed by atoms with Crippen LogP contribution in [0, 0.1) is 13.8 Å². The Bertz CT molecular complexity index is 2010. The minimum atomic E-state index is -0.476. The standard InChI is InChI=1S/C39H50N6O5/c1-10-14-41-39(49)36-22(6)30-17-31-24(11-2)19(3)27(42-31)18-32-35(23(7)46)21(5)29(43-32)16-28-20(4)25(12-13-33(47)40-8)37(44-28)26(38(36)45-30)15-34(48)50-9/h16-20,24-25,43,45H,10-15H2,1-9H3,(H,40,47)(H,41,49)/t19?,20?,24-,25+/m1/s1. The molecular formula is C39H50N6O5. The lowest BCUT2D eigenvalue weighted by Crippen LogP contribution is -2.25. The highest BCUT2D eigenvalue weighted by atomic mass is 16.5. The molecule has 2 amide bonds. The van der Waals surface area contributed by atoms with Crippen molar-refractivity contribution < 1.29 is 23.9 Å². The fourth-order valence-corrected chi connectivity index (χ4v) is 7.59. The molecule has 11 heteroatoms. The van der Waals surface area contributed by atoms with Crippen molar-refractivity contribution in [3.63, 3.8) is 0 Å². The molecule has 0 aliphatic carbocycles. The molecule has 0 radical (unpaired) electrons. The number of methoxy groups -OCH3 is 1. The summed E-state index contributed by atoms with van der Waals surface area (Å²) in [5.74, 6) is -1.11. The molecule has 0 saturated heterocycles. The maximum absolute atomic E-state index is 14.0. The zero-order valence-electron chi connectivity index (χ0n) is 30.7. The first-order chi connectivity index (χ1) is 23.8. The monoisotopic (exact) mass is 682 g/mol. The summed E-state index contributed by atoms with van der Waals surface area (Å²) in [5.41, 5.74) is 8.92. The summed E-state index contributed by atoms with van der Waals surface area (Å²) in [6.07, 6.45) is 2.17. The average Bonchev–Trinajstić information content (AvgIpc) is 3.77. The van der Waals surface area contributed by atoms with Gasteiger partial charge in [-0.1, -0.05) is 27.7 Å². The molecule has 11 nitrogen and oxygen atoms in total. The number of nitrogens with one attached hydrogen (secondary N) is 4. The fraction of sp³-hybridized carbons (Fsp3) is 0.487. The summed E-state index contributed by atoms with van der Waals surface area (Å²) in [6.45, 7) is 14.2. The molecule has 2 aliphatic heterocycles. The first-order valence-electron chi connectivity index (χ1n) is 17.7. The van der Waals surface area contributed by atoms with Gasteiger partial charge in [0, 0.05) is 82.9 Å². The van der Waals surface area contributed by atoms with Gasteiger partial charge in [0.2, 0.25) is 5.91 Å². The zero-order valence-corrected chi connectivity index (χ0v) is 30.7.